The van der Waals surface area contributed by atoms with E-state index in [0.717, 1.165) is 26.9 Å². The fourth-order valence-electron chi connectivity index (χ4n) is 4.47. The van der Waals surface area contributed by atoms with Gasteiger partial charge in [-0.1, -0.05) is 34.1 Å². The van der Waals surface area contributed by atoms with Crippen LogP contribution in [0, 0.1) is 0 Å². The van der Waals surface area contributed by atoms with Gasteiger partial charge in [0.15, 0.2) is 17.3 Å². The molecular weight excluding hydrogens is 458 g/mol. The standard InChI is InChI=1S/C25H26BrNO4/c1-14(2)31-22-9-6-16(12-23(22)30-3)17-10-20-25(21(28)11-17)19(13-24(29)27-20)15-4-7-18(26)8-5-15/h4-9,12,14,17,19H,10-11,13H2,1-3H3,(H,27,29). The number of Topliss-reactive ketones (excluding diaryl/α,β-unsaturated/α-hetero) is 1. The minimum atomic E-state index is -0.193. The maximum absolute atomic E-state index is 13.3. The summed E-state index contributed by atoms with van der Waals surface area (Å²) in [5.74, 6) is 1.18. The van der Waals surface area contributed by atoms with E-state index in [2.05, 4.69) is 21.2 Å². The molecule has 2 aromatic rings. The molecule has 4 rings (SSSR count). The topological polar surface area (TPSA) is 64.6 Å². The van der Waals surface area contributed by atoms with Crippen LogP contribution in [0.25, 0.3) is 0 Å². The molecule has 0 fully saturated rings. The molecule has 0 radical (unpaired) electrons. The predicted molar refractivity (Wildman–Crippen MR) is 122 cm³/mol. The maximum atomic E-state index is 13.3. The first-order chi connectivity index (χ1) is 14.9. The molecule has 0 aromatic heterocycles. The summed E-state index contributed by atoms with van der Waals surface area (Å²) >= 11 is 3.45. The SMILES string of the molecule is COc1cc(C2CC(=O)C3=C(C2)NC(=O)CC3c2ccc(Br)cc2)ccc1OC(C)C. The molecule has 0 spiro atoms. The van der Waals surface area contributed by atoms with Crippen LogP contribution in [-0.2, 0) is 9.59 Å². The Balaban J connectivity index is 1.65. The predicted octanol–water partition coefficient (Wildman–Crippen LogP) is 5.25. The summed E-state index contributed by atoms with van der Waals surface area (Å²) in [5, 5.41) is 2.98. The van der Waals surface area contributed by atoms with E-state index in [1.54, 1.807) is 7.11 Å². The number of methoxy groups -OCH3 is 1. The van der Waals surface area contributed by atoms with Gasteiger partial charge >= 0.3 is 0 Å². The lowest BCUT2D eigenvalue weighted by Gasteiger charge is -2.34. The van der Waals surface area contributed by atoms with Gasteiger partial charge in [0, 0.05) is 34.5 Å². The Kier molecular flexibility index (Phi) is 6.19. The van der Waals surface area contributed by atoms with E-state index >= 15 is 0 Å². The number of halogens is 1. The van der Waals surface area contributed by atoms with Gasteiger partial charge < -0.3 is 14.8 Å². The number of amides is 1. The second-order valence-corrected chi connectivity index (χ2v) is 9.27. The average molecular weight is 484 g/mol. The van der Waals surface area contributed by atoms with Gasteiger partial charge in [-0.25, -0.2) is 0 Å². The number of benzene rings is 2. The maximum Gasteiger partial charge on any atom is 0.225 e. The fourth-order valence-corrected chi connectivity index (χ4v) is 4.73. The Morgan fingerprint density at radius 1 is 0.968 bits per heavy atom. The van der Waals surface area contributed by atoms with Gasteiger partial charge in [0.2, 0.25) is 5.91 Å². The highest BCUT2D eigenvalue weighted by Gasteiger charge is 2.38. The van der Waals surface area contributed by atoms with Crippen LogP contribution in [0.1, 0.15) is 56.1 Å². The Bertz CT molecular complexity index is 1040. The van der Waals surface area contributed by atoms with Crippen LogP contribution in [0.15, 0.2) is 58.2 Å². The molecule has 31 heavy (non-hydrogen) atoms. The first-order valence-electron chi connectivity index (χ1n) is 10.5. The van der Waals surface area contributed by atoms with Crippen LogP contribution in [0.2, 0.25) is 0 Å². The van der Waals surface area contributed by atoms with E-state index in [1.807, 2.05) is 56.3 Å². The Morgan fingerprint density at radius 3 is 2.35 bits per heavy atom. The van der Waals surface area contributed by atoms with Crippen molar-refractivity contribution in [3.05, 3.63) is 69.3 Å². The normalized spacial score (nSPS) is 21.1. The molecule has 5 nitrogen and oxygen atoms in total. The molecule has 6 heteroatoms. The zero-order chi connectivity index (χ0) is 22.1. The van der Waals surface area contributed by atoms with Crippen molar-refractivity contribution in [3.63, 3.8) is 0 Å². The third kappa shape index (κ3) is 4.54. The summed E-state index contributed by atoms with van der Waals surface area (Å²) in [4.78, 5) is 25.7. The summed E-state index contributed by atoms with van der Waals surface area (Å²) < 4.78 is 12.3. The molecule has 1 aliphatic heterocycles. The van der Waals surface area contributed by atoms with Crippen LogP contribution >= 0.6 is 15.9 Å². The second-order valence-electron chi connectivity index (χ2n) is 8.35. The lowest BCUT2D eigenvalue weighted by Crippen LogP contribution is -2.38. The van der Waals surface area contributed by atoms with Crippen molar-refractivity contribution in [1.82, 2.24) is 5.32 Å². The third-order valence-corrected chi connectivity index (χ3v) is 6.36. The van der Waals surface area contributed by atoms with Crippen LogP contribution in [0.3, 0.4) is 0 Å². The van der Waals surface area contributed by atoms with Crippen LogP contribution in [-0.4, -0.2) is 24.9 Å². The number of carbonyl (C=O) groups is 2. The molecule has 162 valence electrons. The van der Waals surface area contributed by atoms with E-state index in [0.29, 0.717) is 30.8 Å². The molecule has 2 aliphatic rings. The minimum absolute atomic E-state index is 0.0165. The van der Waals surface area contributed by atoms with Crippen LogP contribution in [0.5, 0.6) is 11.5 Å². The first-order valence-corrected chi connectivity index (χ1v) is 11.3. The lowest BCUT2D eigenvalue weighted by molar-refractivity contribution is -0.122. The molecule has 2 atom stereocenters. The third-order valence-electron chi connectivity index (χ3n) is 5.83. The highest BCUT2D eigenvalue weighted by Crippen LogP contribution is 2.44. The van der Waals surface area contributed by atoms with Gasteiger partial charge in [-0.3, -0.25) is 9.59 Å². The number of hydrogen-bond donors (Lipinski definition) is 1. The molecule has 1 N–H and O–H groups in total. The van der Waals surface area contributed by atoms with Gasteiger partial charge in [-0.15, -0.1) is 0 Å². The number of nitrogens with one attached hydrogen (secondary N) is 1. The van der Waals surface area contributed by atoms with Crippen molar-refractivity contribution in [2.24, 2.45) is 0 Å². The Hall–Kier alpha value is -2.60. The highest BCUT2D eigenvalue weighted by molar-refractivity contribution is 9.10. The zero-order valence-electron chi connectivity index (χ0n) is 17.9. The van der Waals surface area contributed by atoms with Crippen molar-refractivity contribution in [1.29, 1.82) is 0 Å². The number of carbonyl (C=O) groups excluding carboxylic acids is 2. The van der Waals surface area contributed by atoms with E-state index in [1.165, 1.54) is 0 Å². The number of hydrogen-bond acceptors (Lipinski definition) is 4. The van der Waals surface area contributed by atoms with Crippen LogP contribution in [0.4, 0.5) is 0 Å². The number of allylic oxidation sites excluding steroid dienone is 2. The lowest BCUT2D eigenvalue weighted by atomic mass is 9.73. The summed E-state index contributed by atoms with van der Waals surface area (Å²) in [7, 11) is 1.61. The number of ketones is 1. The first kappa shape index (κ1) is 21.6. The average Bonchev–Trinajstić information content (AvgIpc) is 2.73. The fraction of sp³-hybridized carbons (Fsp3) is 0.360. The quantitative estimate of drug-likeness (QED) is 0.630. The van der Waals surface area contributed by atoms with Crippen molar-refractivity contribution in [2.75, 3.05) is 7.11 Å². The molecule has 0 saturated carbocycles. The van der Waals surface area contributed by atoms with Crippen molar-refractivity contribution in [3.8, 4) is 11.5 Å². The van der Waals surface area contributed by atoms with Crippen LogP contribution < -0.4 is 14.8 Å². The molecule has 1 aliphatic carbocycles. The van der Waals surface area contributed by atoms with Gasteiger partial charge in [0.25, 0.3) is 0 Å². The van der Waals surface area contributed by atoms with E-state index in [9.17, 15) is 9.59 Å². The summed E-state index contributed by atoms with van der Waals surface area (Å²) in [6.07, 6.45) is 1.37. The van der Waals surface area contributed by atoms with Crippen molar-refractivity contribution in [2.45, 2.75) is 51.0 Å². The van der Waals surface area contributed by atoms with E-state index in [4.69, 9.17) is 9.47 Å². The van der Waals surface area contributed by atoms with Gasteiger partial charge in [-0.2, -0.15) is 0 Å². The van der Waals surface area contributed by atoms with E-state index < -0.39 is 0 Å². The van der Waals surface area contributed by atoms with E-state index in [-0.39, 0.29) is 29.6 Å². The molecule has 2 aromatic carbocycles. The smallest absolute Gasteiger partial charge is 0.225 e. The Labute approximate surface area is 190 Å². The van der Waals surface area contributed by atoms with Gasteiger partial charge in [-0.05, 0) is 61.6 Å². The summed E-state index contributed by atoms with van der Waals surface area (Å²) in [5.41, 5.74) is 3.51. The minimum Gasteiger partial charge on any atom is -0.493 e. The molecule has 1 heterocycles. The number of ether oxygens (including phenoxy) is 2. The summed E-state index contributed by atoms with van der Waals surface area (Å²) in [6.45, 7) is 3.93. The molecular formula is C25H26BrNO4. The summed E-state index contributed by atoms with van der Waals surface area (Å²) in [6, 6.07) is 13.7. The molecule has 1 amide bonds. The van der Waals surface area contributed by atoms with Gasteiger partial charge in [0.1, 0.15) is 0 Å². The second kappa shape index (κ2) is 8.87. The molecule has 2 unspecified atom stereocenters. The Morgan fingerprint density at radius 2 is 1.68 bits per heavy atom. The largest absolute Gasteiger partial charge is 0.493 e. The van der Waals surface area contributed by atoms with Crippen molar-refractivity contribution >= 4 is 27.6 Å². The monoisotopic (exact) mass is 483 g/mol. The highest BCUT2D eigenvalue weighted by atomic mass is 79.9. The van der Waals surface area contributed by atoms with Crippen molar-refractivity contribution < 1.29 is 19.1 Å². The molecule has 0 bridgehead atoms. The molecule has 0 saturated heterocycles. The van der Waals surface area contributed by atoms with Gasteiger partial charge in [0.05, 0.1) is 13.2 Å². The number of rotatable bonds is 5. The zero-order valence-corrected chi connectivity index (χ0v) is 19.5.